The maximum absolute atomic E-state index is 12.8. The molecule has 2 rings (SSSR count). The fourth-order valence-corrected chi connectivity index (χ4v) is 1.99. The van der Waals surface area contributed by atoms with Crippen LogP contribution in [0.5, 0.6) is 5.75 Å². The number of amides is 2. The minimum atomic E-state index is -0.774. The third-order valence-electron chi connectivity index (χ3n) is 3.23. The zero-order valence-electron chi connectivity index (χ0n) is 13.9. The van der Waals surface area contributed by atoms with Gasteiger partial charge in [-0.2, -0.15) is 0 Å². The molecule has 2 aromatic rings. The Kier molecular flexibility index (Phi) is 6.61. The molecule has 6 nitrogen and oxygen atoms in total. The van der Waals surface area contributed by atoms with Crippen molar-refractivity contribution in [3.05, 3.63) is 71.6 Å². The maximum Gasteiger partial charge on any atom is 0.331 e. The second-order valence-electron chi connectivity index (χ2n) is 5.07. The molecular formula is C19H16FNO5. The van der Waals surface area contributed by atoms with Crippen LogP contribution in [0.25, 0.3) is 6.08 Å². The molecule has 0 bridgehead atoms. The van der Waals surface area contributed by atoms with E-state index < -0.39 is 24.4 Å². The number of ether oxygens (including phenoxy) is 2. The molecule has 2 amide bonds. The van der Waals surface area contributed by atoms with E-state index in [-0.39, 0.29) is 11.4 Å². The highest BCUT2D eigenvalue weighted by Gasteiger charge is 2.15. The van der Waals surface area contributed by atoms with Crippen LogP contribution in [0.15, 0.2) is 54.6 Å². The van der Waals surface area contributed by atoms with E-state index in [2.05, 4.69) is 5.32 Å². The summed E-state index contributed by atoms with van der Waals surface area (Å²) in [6.07, 6.45) is 2.52. The number of nitrogens with one attached hydrogen (secondary N) is 1. The molecule has 0 radical (unpaired) electrons. The second-order valence-corrected chi connectivity index (χ2v) is 5.07. The second kappa shape index (κ2) is 9.12. The molecular weight excluding hydrogens is 341 g/mol. The zero-order chi connectivity index (χ0) is 18.9. The Morgan fingerprint density at radius 2 is 1.77 bits per heavy atom. The van der Waals surface area contributed by atoms with E-state index in [4.69, 9.17) is 9.47 Å². The molecule has 0 atom stereocenters. The van der Waals surface area contributed by atoms with Gasteiger partial charge in [-0.1, -0.05) is 24.3 Å². The third-order valence-corrected chi connectivity index (χ3v) is 3.23. The van der Waals surface area contributed by atoms with Crippen LogP contribution in [0.4, 0.5) is 4.39 Å². The first-order chi connectivity index (χ1) is 12.5. The number of hydrogen-bond acceptors (Lipinski definition) is 5. The van der Waals surface area contributed by atoms with Crippen molar-refractivity contribution in [3.63, 3.8) is 0 Å². The molecule has 26 heavy (non-hydrogen) atoms. The molecule has 0 fully saturated rings. The number of hydrogen-bond donors (Lipinski definition) is 1. The Balaban J connectivity index is 1.83. The quantitative estimate of drug-likeness (QED) is 0.634. The predicted octanol–water partition coefficient (Wildman–Crippen LogP) is 2.35. The van der Waals surface area contributed by atoms with Gasteiger partial charge in [0.1, 0.15) is 11.6 Å². The number of methoxy groups -OCH3 is 1. The smallest absolute Gasteiger partial charge is 0.331 e. The molecule has 0 heterocycles. The van der Waals surface area contributed by atoms with Crippen molar-refractivity contribution in [2.24, 2.45) is 0 Å². The van der Waals surface area contributed by atoms with Gasteiger partial charge in [0.2, 0.25) is 0 Å². The molecule has 1 N–H and O–H groups in total. The largest absolute Gasteiger partial charge is 0.496 e. The Bertz CT molecular complexity index is 830. The van der Waals surface area contributed by atoms with Gasteiger partial charge in [-0.25, -0.2) is 9.18 Å². The molecule has 2 aromatic carbocycles. The van der Waals surface area contributed by atoms with Gasteiger partial charge in [0.15, 0.2) is 6.61 Å². The number of imide groups is 1. The summed E-state index contributed by atoms with van der Waals surface area (Å²) in [5, 5.41) is 2.11. The summed E-state index contributed by atoms with van der Waals surface area (Å²) in [5.41, 5.74) is 0.782. The van der Waals surface area contributed by atoms with Crippen molar-refractivity contribution in [2.45, 2.75) is 0 Å². The molecule has 0 saturated carbocycles. The molecule has 0 aliphatic heterocycles. The van der Waals surface area contributed by atoms with Crippen LogP contribution >= 0.6 is 0 Å². The molecule has 0 spiro atoms. The van der Waals surface area contributed by atoms with Crippen LogP contribution in [0, 0.1) is 5.82 Å². The lowest BCUT2D eigenvalue weighted by atomic mass is 10.2. The summed E-state index contributed by atoms with van der Waals surface area (Å²) >= 11 is 0. The van der Waals surface area contributed by atoms with E-state index in [1.54, 1.807) is 18.2 Å². The number of carbonyl (C=O) groups is 3. The van der Waals surface area contributed by atoms with Crippen molar-refractivity contribution in [1.82, 2.24) is 5.32 Å². The van der Waals surface area contributed by atoms with Crippen LogP contribution < -0.4 is 10.1 Å². The molecule has 0 aliphatic rings. The van der Waals surface area contributed by atoms with Gasteiger partial charge < -0.3 is 9.47 Å². The van der Waals surface area contributed by atoms with Gasteiger partial charge in [0, 0.05) is 6.08 Å². The van der Waals surface area contributed by atoms with Crippen molar-refractivity contribution in [2.75, 3.05) is 13.7 Å². The molecule has 0 aromatic heterocycles. The normalized spacial score (nSPS) is 10.4. The third kappa shape index (κ3) is 5.55. The highest BCUT2D eigenvalue weighted by molar-refractivity contribution is 6.06. The lowest BCUT2D eigenvalue weighted by Crippen LogP contribution is -2.34. The summed E-state index contributed by atoms with van der Waals surface area (Å²) < 4.78 is 22.6. The minimum absolute atomic E-state index is 0.186. The first-order valence-corrected chi connectivity index (χ1v) is 7.57. The molecule has 0 unspecified atom stereocenters. The number of halogens is 1. The fourth-order valence-electron chi connectivity index (χ4n) is 1.99. The van der Waals surface area contributed by atoms with Crippen molar-refractivity contribution >= 4 is 23.9 Å². The number of esters is 1. The average molecular weight is 357 g/mol. The monoisotopic (exact) mass is 357 g/mol. The summed E-state index contributed by atoms with van der Waals surface area (Å²) in [6.45, 7) is -0.618. The topological polar surface area (TPSA) is 81.7 Å². The Labute approximate surface area is 149 Å². The Morgan fingerprint density at radius 1 is 1.08 bits per heavy atom. The Morgan fingerprint density at radius 3 is 2.46 bits per heavy atom. The minimum Gasteiger partial charge on any atom is -0.496 e. The molecule has 0 saturated heterocycles. The van der Waals surface area contributed by atoms with Crippen molar-refractivity contribution < 1.29 is 28.2 Å². The number of carbonyl (C=O) groups excluding carboxylic acids is 3. The molecule has 134 valence electrons. The number of para-hydroxylation sites is 1. The fraction of sp³-hybridized carbons (Fsp3) is 0.105. The predicted molar refractivity (Wildman–Crippen MR) is 91.9 cm³/mol. The van der Waals surface area contributed by atoms with Crippen LogP contribution in [0.1, 0.15) is 15.9 Å². The van der Waals surface area contributed by atoms with Crippen molar-refractivity contribution in [3.8, 4) is 5.75 Å². The van der Waals surface area contributed by atoms with Crippen LogP contribution in [0.2, 0.25) is 0 Å². The summed E-state index contributed by atoms with van der Waals surface area (Å²) in [7, 11) is 1.41. The highest BCUT2D eigenvalue weighted by atomic mass is 19.1. The van der Waals surface area contributed by atoms with E-state index >= 15 is 0 Å². The SMILES string of the molecule is COc1ccccc1C(=O)NC(=O)COC(=O)/C=C/c1ccc(F)cc1. The summed E-state index contributed by atoms with van der Waals surface area (Å²) in [4.78, 5) is 35.3. The van der Waals surface area contributed by atoms with Gasteiger partial charge in [-0.15, -0.1) is 0 Å². The van der Waals surface area contributed by atoms with Crippen LogP contribution in [0.3, 0.4) is 0 Å². The standard InChI is InChI=1S/C19H16FNO5/c1-25-16-5-3-2-4-15(16)19(24)21-17(22)12-26-18(23)11-8-13-6-9-14(20)10-7-13/h2-11H,12H2,1H3,(H,21,22,24)/b11-8+. The number of benzene rings is 2. The van der Waals surface area contributed by atoms with E-state index in [0.29, 0.717) is 11.3 Å². The number of rotatable bonds is 6. The van der Waals surface area contributed by atoms with Crippen molar-refractivity contribution in [1.29, 1.82) is 0 Å². The summed E-state index contributed by atoms with van der Waals surface area (Å²) in [6, 6.07) is 11.9. The van der Waals surface area contributed by atoms with Crippen LogP contribution in [-0.2, 0) is 14.3 Å². The van der Waals surface area contributed by atoms with E-state index in [1.165, 1.54) is 43.5 Å². The van der Waals surface area contributed by atoms with Gasteiger partial charge in [0.25, 0.3) is 11.8 Å². The van der Waals surface area contributed by atoms with Crippen LogP contribution in [-0.4, -0.2) is 31.5 Å². The zero-order valence-corrected chi connectivity index (χ0v) is 13.9. The lowest BCUT2D eigenvalue weighted by Gasteiger charge is -2.08. The molecule has 0 aliphatic carbocycles. The van der Waals surface area contributed by atoms with Gasteiger partial charge in [0.05, 0.1) is 12.7 Å². The van der Waals surface area contributed by atoms with E-state index in [0.717, 1.165) is 6.08 Å². The van der Waals surface area contributed by atoms with Gasteiger partial charge >= 0.3 is 5.97 Å². The van der Waals surface area contributed by atoms with Gasteiger partial charge in [-0.3, -0.25) is 14.9 Å². The Hall–Kier alpha value is -3.48. The summed E-state index contributed by atoms with van der Waals surface area (Å²) in [5.74, 6) is -2.28. The van der Waals surface area contributed by atoms with E-state index in [9.17, 15) is 18.8 Å². The lowest BCUT2D eigenvalue weighted by molar-refractivity contribution is -0.143. The first kappa shape index (κ1) is 18.9. The van der Waals surface area contributed by atoms with Gasteiger partial charge in [-0.05, 0) is 35.9 Å². The first-order valence-electron chi connectivity index (χ1n) is 7.57. The molecule has 7 heteroatoms. The maximum atomic E-state index is 12.8. The van der Waals surface area contributed by atoms with E-state index in [1.807, 2.05) is 0 Å². The average Bonchev–Trinajstić information content (AvgIpc) is 2.65. The highest BCUT2D eigenvalue weighted by Crippen LogP contribution is 2.16.